The van der Waals surface area contributed by atoms with Crippen molar-refractivity contribution < 1.29 is 0 Å². The Balaban J connectivity index is 2.45. The summed E-state index contributed by atoms with van der Waals surface area (Å²) in [5, 5.41) is 0. The molecule has 0 unspecified atom stereocenters. The zero-order valence-electron chi connectivity index (χ0n) is 9.54. The lowest BCUT2D eigenvalue weighted by Crippen LogP contribution is -2.06. The molecule has 0 aliphatic rings. The standard InChI is InChI=1S/C14H15B/c1-10-3-6-12(7-4-10)13-8-5-11(2)14(15)9-13/h3-9H,15H2,1-2H3. The lowest BCUT2D eigenvalue weighted by Gasteiger charge is -2.05. The Labute approximate surface area is 92.4 Å². The van der Waals surface area contributed by atoms with Gasteiger partial charge in [0, 0.05) is 0 Å². The second kappa shape index (κ2) is 3.94. The normalized spacial score (nSPS) is 10.3. The van der Waals surface area contributed by atoms with Crippen LogP contribution >= 0.6 is 0 Å². The monoisotopic (exact) mass is 194 g/mol. The quantitative estimate of drug-likeness (QED) is 0.610. The van der Waals surface area contributed by atoms with Gasteiger partial charge in [0.25, 0.3) is 0 Å². The molecule has 0 aliphatic heterocycles. The maximum absolute atomic E-state index is 2.25. The zero-order valence-corrected chi connectivity index (χ0v) is 9.54. The van der Waals surface area contributed by atoms with E-state index in [4.69, 9.17) is 0 Å². The van der Waals surface area contributed by atoms with E-state index in [-0.39, 0.29) is 0 Å². The van der Waals surface area contributed by atoms with Crippen molar-refractivity contribution in [2.24, 2.45) is 0 Å². The van der Waals surface area contributed by atoms with Crippen molar-refractivity contribution in [3.05, 3.63) is 53.6 Å². The van der Waals surface area contributed by atoms with Gasteiger partial charge in [-0.2, -0.15) is 0 Å². The van der Waals surface area contributed by atoms with Gasteiger partial charge in [-0.15, -0.1) is 0 Å². The van der Waals surface area contributed by atoms with Crippen molar-refractivity contribution in [2.75, 3.05) is 0 Å². The molecule has 0 N–H and O–H groups in total. The molecule has 2 aromatic rings. The zero-order chi connectivity index (χ0) is 10.8. The highest BCUT2D eigenvalue weighted by Gasteiger charge is 1.98. The summed E-state index contributed by atoms with van der Waals surface area (Å²) in [5.74, 6) is 0. The fourth-order valence-electron chi connectivity index (χ4n) is 1.67. The lowest BCUT2D eigenvalue weighted by molar-refractivity contribution is 1.46. The molecule has 0 heterocycles. The van der Waals surface area contributed by atoms with Crippen LogP contribution in [0.2, 0.25) is 0 Å². The number of hydrogen-bond acceptors (Lipinski definition) is 0. The lowest BCUT2D eigenvalue weighted by atomic mass is 9.88. The molecule has 0 fully saturated rings. The van der Waals surface area contributed by atoms with Crippen LogP contribution in [0.15, 0.2) is 42.5 Å². The predicted octanol–water partition coefficient (Wildman–Crippen LogP) is 2.23. The van der Waals surface area contributed by atoms with Crippen molar-refractivity contribution in [3.63, 3.8) is 0 Å². The summed E-state index contributed by atoms with van der Waals surface area (Å²) in [6.07, 6.45) is 0. The molecule has 0 nitrogen and oxygen atoms in total. The molecule has 0 aromatic heterocycles. The molecule has 74 valence electrons. The molecule has 0 spiro atoms. The van der Waals surface area contributed by atoms with E-state index in [2.05, 4.69) is 64.2 Å². The van der Waals surface area contributed by atoms with Crippen LogP contribution < -0.4 is 5.46 Å². The fourth-order valence-corrected chi connectivity index (χ4v) is 1.67. The number of aryl methyl sites for hydroxylation is 2. The van der Waals surface area contributed by atoms with Gasteiger partial charge in [-0.05, 0) is 25.0 Å². The van der Waals surface area contributed by atoms with Crippen molar-refractivity contribution >= 4 is 13.3 Å². The van der Waals surface area contributed by atoms with Crippen LogP contribution in [0.1, 0.15) is 11.1 Å². The number of benzene rings is 2. The molecule has 0 bridgehead atoms. The maximum atomic E-state index is 2.25. The van der Waals surface area contributed by atoms with Crippen LogP contribution in [-0.2, 0) is 0 Å². The molecule has 2 aromatic carbocycles. The minimum absolute atomic E-state index is 1.30. The van der Waals surface area contributed by atoms with Crippen LogP contribution in [0.3, 0.4) is 0 Å². The highest BCUT2D eigenvalue weighted by Crippen LogP contribution is 2.18. The second-order valence-corrected chi connectivity index (χ2v) is 4.17. The van der Waals surface area contributed by atoms with Gasteiger partial charge >= 0.3 is 0 Å². The van der Waals surface area contributed by atoms with Crippen molar-refractivity contribution in [1.82, 2.24) is 0 Å². The van der Waals surface area contributed by atoms with E-state index in [9.17, 15) is 0 Å². The summed E-state index contributed by atoms with van der Waals surface area (Å²) in [5.41, 5.74) is 6.61. The highest BCUT2D eigenvalue weighted by atomic mass is 14.0. The van der Waals surface area contributed by atoms with Gasteiger partial charge in [0.05, 0.1) is 0 Å². The van der Waals surface area contributed by atoms with Crippen molar-refractivity contribution in [2.45, 2.75) is 13.8 Å². The third-order valence-corrected chi connectivity index (χ3v) is 2.89. The number of rotatable bonds is 1. The fraction of sp³-hybridized carbons (Fsp3) is 0.143. The molecular formula is C14H15B. The molecule has 1 heteroatoms. The van der Waals surface area contributed by atoms with Gasteiger partial charge in [-0.3, -0.25) is 0 Å². The Hall–Kier alpha value is -1.50. The molecule has 2 rings (SSSR count). The smallest absolute Gasteiger partial charge is 0.0855 e. The van der Waals surface area contributed by atoms with Gasteiger partial charge in [-0.1, -0.05) is 59.1 Å². The first kappa shape index (κ1) is 10.0. The van der Waals surface area contributed by atoms with E-state index in [0.717, 1.165) is 0 Å². The summed E-state index contributed by atoms with van der Waals surface area (Å²) in [4.78, 5) is 0. The van der Waals surface area contributed by atoms with Gasteiger partial charge < -0.3 is 0 Å². The summed E-state index contributed by atoms with van der Waals surface area (Å²) in [6, 6.07) is 15.3. The highest BCUT2D eigenvalue weighted by molar-refractivity contribution is 6.33. The molecule has 0 radical (unpaired) electrons. The summed E-state index contributed by atoms with van der Waals surface area (Å²) in [6.45, 7) is 4.26. The minimum Gasteiger partial charge on any atom is -0.0855 e. The van der Waals surface area contributed by atoms with Gasteiger partial charge in [0.15, 0.2) is 0 Å². The van der Waals surface area contributed by atoms with E-state index in [1.54, 1.807) is 0 Å². The first-order valence-corrected chi connectivity index (χ1v) is 5.31. The Morgan fingerprint density at radius 1 is 0.800 bits per heavy atom. The third kappa shape index (κ3) is 2.12. The second-order valence-electron chi connectivity index (χ2n) is 4.17. The van der Waals surface area contributed by atoms with Crippen LogP contribution in [0.4, 0.5) is 0 Å². The first-order valence-electron chi connectivity index (χ1n) is 5.31. The van der Waals surface area contributed by atoms with E-state index in [1.165, 1.54) is 27.7 Å². The molecular weight excluding hydrogens is 179 g/mol. The molecule has 0 aliphatic carbocycles. The summed E-state index contributed by atoms with van der Waals surface area (Å²) < 4.78 is 0. The Morgan fingerprint density at radius 2 is 1.40 bits per heavy atom. The molecule has 0 saturated heterocycles. The Kier molecular flexibility index (Phi) is 2.63. The van der Waals surface area contributed by atoms with E-state index in [0.29, 0.717) is 0 Å². The SMILES string of the molecule is Bc1cc(-c2ccc(C)cc2)ccc1C. The van der Waals surface area contributed by atoms with E-state index in [1.807, 2.05) is 0 Å². The van der Waals surface area contributed by atoms with Gasteiger partial charge in [-0.25, -0.2) is 0 Å². The van der Waals surface area contributed by atoms with Crippen molar-refractivity contribution in [3.8, 4) is 11.1 Å². The topological polar surface area (TPSA) is 0 Å². The average molecular weight is 194 g/mol. The molecule has 0 saturated carbocycles. The largest absolute Gasteiger partial charge is 0.139 e. The Morgan fingerprint density at radius 3 is 2.00 bits per heavy atom. The predicted molar refractivity (Wildman–Crippen MR) is 69.5 cm³/mol. The van der Waals surface area contributed by atoms with E-state index < -0.39 is 0 Å². The molecule has 15 heavy (non-hydrogen) atoms. The summed E-state index contributed by atoms with van der Waals surface area (Å²) >= 11 is 0. The van der Waals surface area contributed by atoms with Crippen LogP contribution in [0.5, 0.6) is 0 Å². The summed E-state index contributed by atoms with van der Waals surface area (Å²) in [7, 11) is 2.16. The Bertz CT molecular complexity index is 469. The third-order valence-electron chi connectivity index (χ3n) is 2.89. The van der Waals surface area contributed by atoms with Crippen LogP contribution in [0.25, 0.3) is 11.1 Å². The van der Waals surface area contributed by atoms with Crippen LogP contribution in [-0.4, -0.2) is 7.85 Å². The first-order chi connectivity index (χ1) is 7.16. The molecule has 0 atom stereocenters. The van der Waals surface area contributed by atoms with Crippen molar-refractivity contribution in [1.29, 1.82) is 0 Å². The average Bonchev–Trinajstić information content (AvgIpc) is 2.23. The minimum atomic E-state index is 1.30. The van der Waals surface area contributed by atoms with Crippen LogP contribution in [0, 0.1) is 13.8 Å². The number of hydrogen-bond donors (Lipinski definition) is 0. The van der Waals surface area contributed by atoms with Gasteiger partial charge in [0.1, 0.15) is 7.85 Å². The maximum Gasteiger partial charge on any atom is 0.139 e. The van der Waals surface area contributed by atoms with Gasteiger partial charge in [0.2, 0.25) is 0 Å². The molecule has 0 amide bonds. The van der Waals surface area contributed by atoms with E-state index >= 15 is 0 Å².